The van der Waals surface area contributed by atoms with Crippen LogP contribution in [-0.4, -0.2) is 31.3 Å². The zero-order valence-corrected chi connectivity index (χ0v) is 9.51. The van der Waals surface area contributed by atoms with Gasteiger partial charge in [-0.05, 0) is 32.7 Å². The molecular weight excluding hydrogens is 176 g/mol. The maximum absolute atomic E-state index is 5.94. The fourth-order valence-electron chi connectivity index (χ4n) is 1.88. The number of nitrogens with two attached hydrogens (primary N) is 1. The molecule has 1 heterocycles. The fraction of sp³-hybridized carbons (Fsp3) is 1.00. The molecule has 1 saturated heterocycles. The summed E-state index contributed by atoms with van der Waals surface area (Å²) in [5.74, 6) is 0. The van der Waals surface area contributed by atoms with Gasteiger partial charge in [-0.25, -0.2) is 0 Å². The van der Waals surface area contributed by atoms with Crippen LogP contribution in [-0.2, 0) is 4.74 Å². The van der Waals surface area contributed by atoms with E-state index < -0.39 is 0 Å². The standard InChI is InChI=1S/C11H24N2O/c1-3-4-10(12)5-7-13-11(2)6-8-14-9-11/h10,13H,3-9,12H2,1-2H3. The zero-order chi connectivity index (χ0) is 10.4. The molecule has 0 bridgehead atoms. The van der Waals surface area contributed by atoms with E-state index in [2.05, 4.69) is 19.2 Å². The van der Waals surface area contributed by atoms with Crippen LogP contribution < -0.4 is 11.1 Å². The molecule has 2 unspecified atom stereocenters. The Labute approximate surface area is 87.4 Å². The van der Waals surface area contributed by atoms with Gasteiger partial charge in [0.15, 0.2) is 0 Å². The van der Waals surface area contributed by atoms with E-state index in [1.807, 2.05) is 0 Å². The number of rotatable bonds is 6. The van der Waals surface area contributed by atoms with Crippen LogP contribution >= 0.6 is 0 Å². The monoisotopic (exact) mass is 200 g/mol. The molecule has 1 fully saturated rings. The van der Waals surface area contributed by atoms with Gasteiger partial charge in [0.1, 0.15) is 0 Å². The molecule has 0 spiro atoms. The SMILES string of the molecule is CCCC(N)CCNC1(C)CCOC1. The van der Waals surface area contributed by atoms with Gasteiger partial charge in [0, 0.05) is 18.2 Å². The summed E-state index contributed by atoms with van der Waals surface area (Å²) >= 11 is 0. The Morgan fingerprint density at radius 2 is 2.29 bits per heavy atom. The third-order valence-corrected chi connectivity index (χ3v) is 2.95. The van der Waals surface area contributed by atoms with Crippen LogP contribution in [0.25, 0.3) is 0 Å². The van der Waals surface area contributed by atoms with Crippen molar-refractivity contribution in [2.75, 3.05) is 19.8 Å². The Kier molecular flexibility index (Phi) is 4.85. The normalized spacial score (nSPS) is 29.4. The molecule has 84 valence electrons. The van der Waals surface area contributed by atoms with Crippen LogP contribution in [0.15, 0.2) is 0 Å². The van der Waals surface area contributed by atoms with E-state index >= 15 is 0 Å². The van der Waals surface area contributed by atoms with Crippen LogP contribution in [0.1, 0.15) is 39.5 Å². The van der Waals surface area contributed by atoms with E-state index in [-0.39, 0.29) is 5.54 Å². The first-order valence-corrected chi connectivity index (χ1v) is 5.74. The fourth-order valence-corrected chi connectivity index (χ4v) is 1.88. The first kappa shape index (κ1) is 12.0. The van der Waals surface area contributed by atoms with Crippen molar-refractivity contribution in [2.45, 2.75) is 51.1 Å². The highest BCUT2D eigenvalue weighted by atomic mass is 16.5. The largest absolute Gasteiger partial charge is 0.379 e. The van der Waals surface area contributed by atoms with Gasteiger partial charge in [0.05, 0.1) is 6.61 Å². The van der Waals surface area contributed by atoms with Gasteiger partial charge in [-0.3, -0.25) is 0 Å². The molecule has 14 heavy (non-hydrogen) atoms. The van der Waals surface area contributed by atoms with Gasteiger partial charge in [0.25, 0.3) is 0 Å². The van der Waals surface area contributed by atoms with Crippen molar-refractivity contribution in [1.29, 1.82) is 0 Å². The number of hydrogen-bond donors (Lipinski definition) is 2. The third kappa shape index (κ3) is 3.95. The van der Waals surface area contributed by atoms with Crippen LogP contribution in [0.5, 0.6) is 0 Å². The molecule has 0 aliphatic carbocycles. The van der Waals surface area contributed by atoms with Gasteiger partial charge in [0.2, 0.25) is 0 Å². The summed E-state index contributed by atoms with van der Waals surface area (Å²) in [6.45, 7) is 7.16. The molecular formula is C11H24N2O. The molecule has 1 rings (SSSR count). The predicted molar refractivity (Wildman–Crippen MR) is 59.3 cm³/mol. The van der Waals surface area contributed by atoms with Crippen molar-refractivity contribution >= 4 is 0 Å². The van der Waals surface area contributed by atoms with Gasteiger partial charge >= 0.3 is 0 Å². The maximum Gasteiger partial charge on any atom is 0.0646 e. The third-order valence-electron chi connectivity index (χ3n) is 2.95. The topological polar surface area (TPSA) is 47.3 Å². The summed E-state index contributed by atoms with van der Waals surface area (Å²) < 4.78 is 5.37. The number of nitrogens with one attached hydrogen (secondary N) is 1. The van der Waals surface area contributed by atoms with E-state index in [4.69, 9.17) is 10.5 Å². The van der Waals surface area contributed by atoms with Crippen molar-refractivity contribution in [3.05, 3.63) is 0 Å². The van der Waals surface area contributed by atoms with Gasteiger partial charge in [-0.2, -0.15) is 0 Å². The summed E-state index contributed by atoms with van der Waals surface area (Å²) in [6, 6.07) is 0.360. The highest BCUT2D eigenvalue weighted by molar-refractivity contribution is 4.86. The maximum atomic E-state index is 5.94. The lowest BCUT2D eigenvalue weighted by Gasteiger charge is -2.24. The molecule has 0 aromatic rings. The summed E-state index contributed by atoms with van der Waals surface area (Å²) in [5, 5.41) is 3.54. The Balaban J connectivity index is 2.08. The first-order chi connectivity index (χ1) is 6.66. The smallest absolute Gasteiger partial charge is 0.0646 e. The van der Waals surface area contributed by atoms with Crippen LogP contribution in [0.2, 0.25) is 0 Å². The van der Waals surface area contributed by atoms with Crippen LogP contribution in [0, 0.1) is 0 Å². The molecule has 3 nitrogen and oxygen atoms in total. The molecule has 2 atom stereocenters. The molecule has 0 saturated carbocycles. The van der Waals surface area contributed by atoms with Crippen molar-refractivity contribution in [3.8, 4) is 0 Å². The average Bonchev–Trinajstić information content (AvgIpc) is 2.53. The molecule has 0 aromatic carbocycles. The van der Waals surface area contributed by atoms with E-state index in [0.29, 0.717) is 6.04 Å². The summed E-state index contributed by atoms with van der Waals surface area (Å²) in [6.07, 6.45) is 4.51. The minimum absolute atomic E-state index is 0.200. The number of hydrogen-bond acceptors (Lipinski definition) is 3. The lowest BCUT2D eigenvalue weighted by Crippen LogP contribution is -2.44. The van der Waals surface area contributed by atoms with Crippen molar-refractivity contribution in [2.24, 2.45) is 5.73 Å². The van der Waals surface area contributed by atoms with Gasteiger partial charge in [-0.1, -0.05) is 13.3 Å². The molecule has 0 amide bonds. The average molecular weight is 200 g/mol. The van der Waals surface area contributed by atoms with E-state index in [9.17, 15) is 0 Å². The minimum Gasteiger partial charge on any atom is -0.379 e. The Hall–Kier alpha value is -0.120. The van der Waals surface area contributed by atoms with Crippen LogP contribution in [0.3, 0.4) is 0 Å². The first-order valence-electron chi connectivity index (χ1n) is 5.74. The molecule has 1 aliphatic rings. The Morgan fingerprint density at radius 1 is 1.50 bits per heavy atom. The Bertz CT molecular complexity index is 155. The summed E-state index contributed by atoms with van der Waals surface area (Å²) in [5.41, 5.74) is 6.14. The molecule has 3 heteroatoms. The highest BCUT2D eigenvalue weighted by Crippen LogP contribution is 2.17. The van der Waals surface area contributed by atoms with E-state index in [1.165, 1.54) is 6.42 Å². The molecule has 0 aromatic heterocycles. The molecule has 1 aliphatic heterocycles. The van der Waals surface area contributed by atoms with Crippen molar-refractivity contribution < 1.29 is 4.74 Å². The second-order valence-electron chi connectivity index (χ2n) is 4.63. The summed E-state index contributed by atoms with van der Waals surface area (Å²) in [7, 11) is 0. The second-order valence-corrected chi connectivity index (χ2v) is 4.63. The summed E-state index contributed by atoms with van der Waals surface area (Å²) in [4.78, 5) is 0. The lowest BCUT2D eigenvalue weighted by molar-refractivity contribution is 0.171. The number of ether oxygens (including phenoxy) is 1. The van der Waals surface area contributed by atoms with Crippen molar-refractivity contribution in [1.82, 2.24) is 5.32 Å². The van der Waals surface area contributed by atoms with E-state index in [1.54, 1.807) is 0 Å². The predicted octanol–water partition coefficient (Wildman–Crippen LogP) is 1.27. The molecule has 3 N–H and O–H groups in total. The quantitative estimate of drug-likeness (QED) is 0.679. The van der Waals surface area contributed by atoms with Crippen LogP contribution in [0.4, 0.5) is 0 Å². The second kappa shape index (κ2) is 5.69. The zero-order valence-electron chi connectivity index (χ0n) is 9.51. The highest BCUT2D eigenvalue weighted by Gasteiger charge is 2.28. The van der Waals surface area contributed by atoms with Gasteiger partial charge in [-0.15, -0.1) is 0 Å². The lowest BCUT2D eigenvalue weighted by atomic mass is 10.0. The minimum atomic E-state index is 0.200. The van der Waals surface area contributed by atoms with Gasteiger partial charge < -0.3 is 15.8 Å². The Morgan fingerprint density at radius 3 is 2.86 bits per heavy atom. The van der Waals surface area contributed by atoms with E-state index in [0.717, 1.165) is 39.0 Å². The van der Waals surface area contributed by atoms with Crippen molar-refractivity contribution in [3.63, 3.8) is 0 Å². The molecule has 0 radical (unpaired) electrons.